The highest BCUT2D eigenvalue weighted by atomic mass is 16.2. The van der Waals surface area contributed by atoms with Gasteiger partial charge in [0.05, 0.1) is 5.69 Å². The van der Waals surface area contributed by atoms with Crippen LogP contribution in [-0.2, 0) is 6.42 Å². The van der Waals surface area contributed by atoms with Gasteiger partial charge >= 0.3 is 6.03 Å². The molecule has 1 saturated heterocycles. The van der Waals surface area contributed by atoms with Crippen LogP contribution in [0.4, 0.5) is 4.79 Å². The molecule has 1 N–H and O–H groups in total. The van der Waals surface area contributed by atoms with Crippen molar-refractivity contribution in [2.75, 3.05) is 40.3 Å². The Balaban J connectivity index is 1.41. The number of rotatable bonds is 6. The Labute approximate surface area is 149 Å². The van der Waals surface area contributed by atoms with Gasteiger partial charge in [-0.05, 0) is 56.6 Å². The molecule has 3 rings (SSSR count). The van der Waals surface area contributed by atoms with E-state index in [0.29, 0.717) is 12.5 Å². The summed E-state index contributed by atoms with van der Waals surface area (Å²) in [6.07, 6.45) is 5.63. The van der Waals surface area contributed by atoms with E-state index in [1.807, 2.05) is 21.8 Å². The molecule has 6 heteroatoms. The Morgan fingerprint density at radius 1 is 1.32 bits per heavy atom. The number of likely N-dealkylation sites (tertiary alicyclic amines) is 1. The Morgan fingerprint density at radius 2 is 2.12 bits per heavy atom. The van der Waals surface area contributed by atoms with E-state index in [9.17, 15) is 4.79 Å². The van der Waals surface area contributed by atoms with E-state index in [0.717, 1.165) is 38.2 Å². The lowest BCUT2D eigenvalue weighted by atomic mass is 10.1. The minimum atomic E-state index is 0.0643. The monoisotopic (exact) mass is 341 g/mol. The average Bonchev–Trinajstić information content (AvgIpc) is 3.26. The van der Waals surface area contributed by atoms with Gasteiger partial charge in [0.25, 0.3) is 0 Å². The zero-order valence-corrected chi connectivity index (χ0v) is 15.1. The molecule has 0 bridgehead atoms. The van der Waals surface area contributed by atoms with Gasteiger partial charge < -0.3 is 15.1 Å². The number of nitrogens with one attached hydrogen (secondary N) is 1. The number of aromatic nitrogens is 2. The summed E-state index contributed by atoms with van der Waals surface area (Å²) >= 11 is 0. The lowest BCUT2D eigenvalue weighted by Gasteiger charge is -2.19. The van der Waals surface area contributed by atoms with Gasteiger partial charge in [-0.15, -0.1) is 0 Å². The van der Waals surface area contributed by atoms with Crippen LogP contribution in [0.15, 0.2) is 42.7 Å². The van der Waals surface area contributed by atoms with Crippen molar-refractivity contribution in [3.63, 3.8) is 0 Å². The Morgan fingerprint density at radius 3 is 2.80 bits per heavy atom. The molecule has 0 spiro atoms. The molecule has 2 heterocycles. The fourth-order valence-electron chi connectivity index (χ4n) is 3.35. The van der Waals surface area contributed by atoms with Crippen LogP contribution in [0.25, 0.3) is 5.69 Å². The third-order valence-corrected chi connectivity index (χ3v) is 4.59. The largest absolute Gasteiger partial charge is 0.338 e. The number of amides is 2. The second-order valence-electron chi connectivity index (χ2n) is 6.96. The molecule has 134 valence electrons. The SMILES string of the molecule is CN(C)C[C@@H]1CCN(C(=O)NCCc2ccc(-n3cccn3)cc2)C1. The fourth-order valence-corrected chi connectivity index (χ4v) is 3.35. The van der Waals surface area contributed by atoms with Crippen molar-refractivity contribution < 1.29 is 4.79 Å². The molecule has 1 aromatic heterocycles. The van der Waals surface area contributed by atoms with Crippen LogP contribution in [0.5, 0.6) is 0 Å². The van der Waals surface area contributed by atoms with Crippen LogP contribution < -0.4 is 5.32 Å². The molecule has 0 aliphatic carbocycles. The van der Waals surface area contributed by atoms with E-state index in [2.05, 4.69) is 53.7 Å². The smallest absolute Gasteiger partial charge is 0.317 e. The van der Waals surface area contributed by atoms with E-state index < -0.39 is 0 Å². The molecule has 0 unspecified atom stereocenters. The van der Waals surface area contributed by atoms with Gasteiger partial charge in [-0.1, -0.05) is 12.1 Å². The van der Waals surface area contributed by atoms with Gasteiger partial charge in [0, 0.05) is 38.6 Å². The quantitative estimate of drug-likeness (QED) is 0.874. The minimum absolute atomic E-state index is 0.0643. The first-order valence-corrected chi connectivity index (χ1v) is 8.88. The topological polar surface area (TPSA) is 53.4 Å². The molecule has 2 amide bonds. The lowest BCUT2D eigenvalue weighted by Crippen LogP contribution is -2.39. The Kier molecular flexibility index (Phi) is 5.71. The maximum atomic E-state index is 12.3. The number of carbonyl (C=O) groups excluding carboxylic acids is 1. The first-order chi connectivity index (χ1) is 12.1. The van der Waals surface area contributed by atoms with E-state index in [1.54, 1.807) is 6.20 Å². The summed E-state index contributed by atoms with van der Waals surface area (Å²) in [6, 6.07) is 10.3. The second kappa shape index (κ2) is 8.16. The average molecular weight is 341 g/mol. The Bertz CT molecular complexity index is 666. The van der Waals surface area contributed by atoms with Gasteiger partial charge in [0.15, 0.2) is 0 Å². The van der Waals surface area contributed by atoms with E-state index in [-0.39, 0.29) is 6.03 Å². The van der Waals surface area contributed by atoms with Gasteiger partial charge in [-0.25, -0.2) is 9.48 Å². The van der Waals surface area contributed by atoms with Crippen molar-refractivity contribution in [3.05, 3.63) is 48.3 Å². The van der Waals surface area contributed by atoms with Gasteiger partial charge in [0.1, 0.15) is 0 Å². The number of benzene rings is 1. The number of nitrogens with zero attached hydrogens (tertiary/aromatic N) is 4. The molecule has 0 radical (unpaired) electrons. The van der Waals surface area contributed by atoms with E-state index in [4.69, 9.17) is 0 Å². The van der Waals surface area contributed by atoms with Crippen molar-refractivity contribution in [1.29, 1.82) is 0 Å². The van der Waals surface area contributed by atoms with Crippen molar-refractivity contribution in [1.82, 2.24) is 24.9 Å². The molecule has 1 atom stereocenters. The zero-order chi connectivity index (χ0) is 17.6. The van der Waals surface area contributed by atoms with Crippen LogP contribution in [0.3, 0.4) is 0 Å². The van der Waals surface area contributed by atoms with Crippen LogP contribution in [0.2, 0.25) is 0 Å². The van der Waals surface area contributed by atoms with Crippen LogP contribution in [-0.4, -0.2) is 65.9 Å². The van der Waals surface area contributed by atoms with Crippen LogP contribution >= 0.6 is 0 Å². The maximum absolute atomic E-state index is 12.3. The molecule has 1 fully saturated rings. The van der Waals surface area contributed by atoms with Crippen molar-refractivity contribution >= 4 is 6.03 Å². The molecule has 1 aliphatic heterocycles. The maximum Gasteiger partial charge on any atom is 0.317 e. The molecule has 2 aromatic rings. The summed E-state index contributed by atoms with van der Waals surface area (Å²) in [4.78, 5) is 16.4. The number of urea groups is 1. The van der Waals surface area contributed by atoms with Gasteiger partial charge in [-0.3, -0.25) is 0 Å². The van der Waals surface area contributed by atoms with Gasteiger partial charge in [0.2, 0.25) is 0 Å². The molecule has 6 nitrogen and oxygen atoms in total. The van der Waals surface area contributed by atoms with Crippen molar-refractivity contribution in [2.24, 2.45) is 5.92 Å². The summed E-state index contributed by atoms with van der Waals surface area (Å²) in [5.41, 5.74) is 2.25. The molecule has 0 saturated carbocycles. The van der Waals surface area contributed by atoms with E-state index >= 15 is 0 Å². The Hall–Kier alpha value is -2.34. The second-order valence-corrected chi connectivity index (χ2v) is 6.96. The summed E-state index contributed by atoms with van der Waals surface area (Å²) in [6.45, 7) is 3.44. The fraction of sp³-hybridized carbons (Fsp3) is 0.474. The summed E-state index contributed by atoms with van der Waals surface area (Å²) in [5.74, 6) is 0.593. The lowest BCUT2D eigenvalue weighted by molar-refractivity contribution is 0.205. The molecular formula is C19H27N5O. The molecule has 25 heavy (non-hydrogen) atoms. The number of hydrogen-bond donors (Lipinski definition) is 1. The zero-order valence-electron chi connectivity index (χ0n) is 15.1. The summed E-state index contributed by atoms with van der Waals surface area (Å²) in [7, 11) is 4.17. The third-order valence-electron chi connectivity index (χ3n) is 4.59. The standard InChI is InChI=1S/C19H27N5O/c1-22(2)14-17-9-13-23(15-17)19(25)20-11-8-16-4-6-18(7-5-16)24-12-3-10-21-24/h3-7,10,12,17H,8-9,11,13-15H2,1-2H3,(H,20,25)/t17-/m0/s1. The minimum Gasteiger partial charge on any atom is -0.338 e. The first-order valence-electron chi connectivity index (χ1n) is 8.88. The van der Waals surface area contributed by atoms with E-state index in [1.165, 1.54) is 5.56 Å². The highest BCUT2D eigenvalue weighted by Crippen LogP contribution is 2.16. The highest BCUT2D eigenvalue weighted by molar-refractivity contribution is 5.74. The van der Waals surface area contributed by atoms with Crippen molar-refractivity contribution in [3.8, 4) is 5.69 Å². The third kappa shape index (κ3) is 4.82. The number of carbonyl (C=O) groups is 1. The molecule has 1 aromatic carbocycles. The predicted molar refractivity (Wildman–Crippen MR) is 98.9 cm³/mol. The number of hydrogen-bond acceptors (Lipinski definition) is 3. The summed E-state index contributed by atoms with van der Waals surface area (Å²) in [5, 5.41) is 7.27. The van der Waals surface area contributed by atoms with Gasteiger partial charge in [-0.2, -0.15) is 5.10 Å². The first kappa shape index (κ1) is 17.5. The normalized spacial score (nSPS) is 17.2. The van der Waals surface area contributed by atoms with Crippen LogP contribution in [0, 0.1) is 5.92 Å². The summed E-state index contributed by atoms with van der Waals surface area (Å²) < 4.78 is 1.84. The van der Waals surface area contributed by atoms with Crippen LogP contribution in [0.1, 0.15) is 12.0 Å². The highest BCUT2D eigenvalue weighted by Gasteiger charge is 2.26. The molecule has 1 aliphatic rings. The predicted octanol–water partition coefficient (Wildman–Crippen LogP) is 2.01. The van der Waals surface area contributed by atoms with Crippen molar-refractivity contribution in [2.45, 2.75) is 12.8 Å². The molecular weight excluding hydrogens is 314 g/mol.